The highest BCUT2D eigenvalue weighted by Crippen LogP contribution is 2.23. The van der Waals surface area contributed by atoms with Gasteiger partial charge in [0.25, 0.3) is 5.69 Å². The highest BCUT2D eigenvalue weighted by atomic mass is 16.6. The van der Waals surface area contributed by atoms with E-state index in [2.05, 4.69) is 0 Å². The van der Waals surface area contributed by atoms with Crippen LogP contribution in [0.1, 0.15) is 27.0 Å². The second-order valence-electron chi connectivity index (χ2n) is 5.09. The molecule has 0 radical (unpaired) electrons. The Kier molecular flexibility index (Phi) is 4.92. The van der Waals surface area contributed by atoms with E-state index >= 15 is 0 Å². The summed E-state index contributed by atoms with van der Waals surface area (Å²) in [6.45, 7) is -0.188. The summed E-state index contributed by atoms with van der Waals surface area (Å²) in [7, 11) is 0. The molecule has 7 nitrogen and oxygen atoms in total. The molecule has 0 aliphatic rings. The molecule has 2 rings (SSSR count). The Morgan fingerprint density at radius 3 is 2.35 bits per heavy atom. The summed E-state index contributed by atoms with van der Waals surface area (Å²) in [5.41, 5.74) is 8.19. The summed E-state index contributed by atoms with van der Waals surface area (Å²) in [6.07, 6.45) is 0.577. The Bertz CT molecular complexity index is 741. The lowest BCUT2D eigenvalue weighted by molar-refractivity contribution is -0.384. The van der Waals surface area contributed by atoms with Crippen molar-refractivity contribution in [3.05, 3.63) is 68.8 Å². The number of rotatable bonds is 6. The first kappa shape index (κ1) is 16.4. The molecule has 0 amide bonds. The largest absolute Gasteiger partial charge is 0.478 e. The lowest BCUT2D eigenvalue weighted by atomic mass is 9.96. The molecule has 2 aromatic carbocycles. The second kappa shape index (κ2) is 6.89. The SMILES string of the molecule is Nc1cc(Cc2ccc([N+](=O)[O-])cc2)cc(C(=O)O)c1CCO. The molecule has 0 fully saturated rings. The highest BCUT2D eigenvalue weighted by molar-refractivity contribution is 5.91. The molecule has 0 aromatic heterocycles. The van der Waals surface area contributed by atoms with E-state index in [9.17, 15) is 20.0 Å². The zero-order valence-electron chi connectivity index (χ0n) is 12.2. The number of benzene rings is 2. The molecule has 0 aliphatic carbocycles. The molecule has 4 N–H and O–H groups in total. The number of aliphatic hydroxyl groups is 1. The van der Waals surface area contributed by atoms with Crippen molar-refractivity contribution in [3.63, 3.8) is 0 Å². The van der Waals surface area contributed by atoms with E-state index < -0.39 is 10.9 Å². The summed E-state index contributed by atoms with van der Waals surface area (Å²) in [6, 6.07) is 9.23. The van der Waals surface area contributed by atoms with Gasteiger partial charge in [-0.25, -0.2) is 4.79 Å². The number of aliphatic hydroxyl groups excluding tert-OH is 1. The Hall–Kier alpha value is -2.93. The number of aromatic carboxylic acids is 1. The maximum Gasteiger partial charge on any atom is 0.336 e. The summed E-state index contributed by atoms with van der Waals surface area (Å²) in [5.74, 6) is -1.11. The summed E-state index contributed by atoms with van der Waals surface area (Å²) >= 11 is 0. The van der Waals surface area contributed by atoms with Crippen molar-refractivity contribution < 1.29 is 19.9 Å². The van der Waals surface area contributed by atoms with Crippen molar-refractivity contribution in [1.29, 1.82) is 0 Å². The standard InChI is InChI=1S/C16H16N2O5/c17-15-9-11(8-14(16(20)21)13(15)5-6-19)7-10-1-3-12(4-2-10)18(22)23/h1-4,8-9,19H,5-7,17H2,(H,20,21). The molecule has 0 saturated carbocycles. The lowest BCUT2D eigenvalue weighted by Gasteiger charge is -2.12. The van der Waals surface area contributed by atoms with Crippen LogP contribution in [-0.2, 0) is 12.8 Å². The Labute approximate surface area is 132 Å². The monoisotopic (exact) mass is 316 g/mol. The third-order valence-electron chi connectivity index (χ3n) is 3.49. The van der Waals surface area contributed by atoms with E-state index in [1.165, 1.54) is 18.2 Å². The molecule has 0 spiro atoms. The van der Waals surface area contributed by atoms with E-state index in [-0.39, 0.29) is 24.3 Å². The molecule has 0 bridgehead atoms. The quantitative estimate of drug-likeness (QED) is 0.425. The maximum absolute atomic E-state index is 11.4. The average molecular weight is 316 g/mol. The number of hydrogen-bond donors (Lipinski definition) is 3. The summed E-state index contributed by atoms with van der Waals surface area (Å²) in [4.78, 5) is 21.5. The fraction of sp³-hybridized carbons (Fsp3) is 0.188. The Morgan fingerprint density at radius 2 is 1.83 bits per heavy atom. The Morgan fingerprint density at radius 1 is 1.17 bits per heavy atom. The van der Waals surface area contributed by atoms with Crippen molar-refractivity contribution >= 4 is 17.3 Å². The fourth-order valence-corrected chi connectivity index (χ4v) is 2.41. The number of nitro groups is 1. The molecular formula is C16H16N2O5. The number of non-ortho nitro benzene ring substituents is 1. The van der Waals surface area contributed by atoms with Crippen LogP contribution in [0, 0.1) is 10.1 Å². The van der Waals surface area contributed by atoms with E-state index in [0.717, 1.165) is 5.56 Å². The third-order valence-corrected chi connectivity index (χ3v) is 3.49. The number of carboxylic acids is 1. The predicted molar refractivity (Wildman–Crippen MR) is 84.5 cm³/mol. The van der Waals surface area contributed by atoms with Crippen LogP contribution >= 0.6 is 0 Å². The van der Waals surface area contributed by atoms with Gasteiger partial charge in [0.05, 0.1) is 10.5 Å². The number of nitrogens with zero attached hydrogens (tertiary/aromatic N) is 1. The van der Waals surface area contributed by atoms with E-state index in [4.69, 9.17) is 10.8 Å². The first-order chi connectivity index (χ1) is 10.9. The number of nitrogens with two attached hydrogens (primary N) is 1. The fourth-order valence-electron chi connectivity index (χ4n) is 2.41. The molecule has 23 heavy (non-hydrogen) atoms. The van der Waals surface area contributed by atoms with Crippen molar-refractivity contribution in [2.75, 3.05) is 12.3 Å². The van der Waals surface area contributed by atoms with Gasteiger partial charge in [0.2, 0.25) is 0 Å². The normalized spacial score (nSPS) is 10.5. The van der Waals surface area contributed by atoms with Gasteiger partial charge >= 0.3 is 5.97 Å². The average Bonchev–Trinajstić information content (AvgIpc) is 2.50. The van der Waals surface area contributed by atoms with Crippen LogP contribution in [0.3, 0.4) is 0 Å². The molecule has 0 heterocycles. The van der Waals surface area contributed by atoms with Gasteiger partial charge in [-0.1, -0.05) is 12.1 Å². The van der Waals surface area contributed by atoms with Crippen LogP contribution in [0.15, 0.2) is 36.4 Å². The Balaban J connectivity index is 2.33. The molecule has 0 atom stereocenters. The van der Waals surface area contributed by atoms with Gasteiger partial charge < -0.3 is 15.9 Å². The van der Waals surface area contributed by atoms with Crippen LogP contribution in [0.4, 0.5) is 11.4 Å². The molecule has 120 valence electrons. The minimum atomic E-state index is -1.11. The lowest BCUT2D eigenvalue weighted by Crippen LogP contribution is -2.09. The zero-order chi connectivity index (χ0) is 17.0. The number of nitrogen functional groups attached to an aromatic ring is 1. The third kappa shape index (κ3) is 3.83. The molecule has 0 unspecified atom stereocenters. The van der Waals surface area contributed by atoms with Crippen molar-refractivity contribution in [3.8, 4) is 0 Å². The smallest absolute Gasteiger partial charge is 0.336 e. The van der Waals surface area contributed by atoms with Crippen LogP contribution in [0.25, 0.3) is 0 Å². The minimum absolute atomic E-state index is 0.00205. The number of anilines is 1. The van der Waals surface area contributed by atoms with Crippen molar-refractivity contribution in [1.82, 2.24) is 0 Å². The van der Waals surface area contributed by atoms with Gasteiger partial charge in [0, 0.05) is 24.4 Å². The number of hydrogen-bond acceptors (Lipinski definition) is 5. The van der Waals surface area contributed by atoms with Crippen LogP contribution in [0.5, 0.6) is 0 Å². The first-order valence-corrected chi connectivity index (χ1v) is 6.91. The summed E-state index contributed by atoms with van der Waals surface area (Å²) < 4.78 is 0. The van der Waals surface area contributed by atoms with Crippen LogP contribution in [-0.4, -0.2) is 27.7 Å². The molecule has 0 aliphatic heterocycles. The van der Waals surface area contributed by atoms with Gasteiger partial charge in [-0.15, -0.1) is 0 Å². The minimum Gasteiger partial charge on any atom is -0.478 e. The number of carboxylic acid groups (broad SMARTS) is 1. The van der Waals surface area contributed by atoms with E-state index in [0.29, 0.717) is 23.2 Å². The molecule has 2 aromatic rings. The van der Waals surface area contributed by atoms with E-state index in [1.807, 2.05) is 0 Å². The van der Waals surface area contributed by atoms with Gasteiger partial charge in [-0.05, 0) is 41.7 Å². The van der Waals surface area contributed by atoms with Gasteiger partial charge in [0.1, 0.15) is 0 Å². The van der Waals surface area contributed by atoms with E-state index in [1.54, 1.807) is 18.2 Å². The topological polar surface area (TPSA) is 127 Å². The van der Waals surface area contributed by atoms with Crippen LogP contribution in [0.2, 0.25) is 0 Å². The van der Waals surface area contributed by atoms with Gasteiger partial charge in [-0.3, -0.25) is 10.1 Å². The van der Waals surface area contributed by atoms with Gasteiger partial charge in [-0.2, -0.15) is 0 Å². The highest BCUT2D eigenvalue weighted by Gasteiger charge is 2.15. The van der Waals surface area contributed by atoms with Crippen molar-refractivity contribution in [2.24, 2.45) is 0 Å². The molecule has 0 saturated heterocycles. The summed E-state index contributed by atoms with van der Waals surface area (Å²) in [5, 5.41) is 29.0. The molecule has 7 heteroatoms. The van der Waals surface area contributed by atoms with Crippen molar-refractivity contribution in [2.45, 2.75) is 12.8 Å². The number of nitro benzene ring substituents is 1. The second-order valence-corrected chi connectivity index (χ2v) is 5.09. The predicted octanol–water partition coefficient (Wildman–Crippen LogP) is 2.00. The first-order valence-electron chi connectivity index (χ1n) is 6.91. The zero-order valence-corrected chi connectivity index (χ0v) is 12.2. The van der Waals surface area contributed by atoms with Gasteiger partial charge in [0.15, 0.2) is 0 Å². The maximum atomic E-state index is 11.4. The molecular weight excluding hydrogens is 300 g/mol. The van der Waals surface area contributed by atoms with Crippen LogP contribution < -0.4 is 5.73 Å². The number of carbonyl (C=O) groups is 1.